The first kappa shape index (κ1) is 13.0. The number of aryl methyl sites for hydroxylation is 1. The number of aromatic nitrogens is 1. The van der Waals surface area contributed by atoms with Gasteiger partial charge in [0.2, 0.25) is 5.91 Å². The summed E-state index contributed by atoms with van der Waals surface area (Å²) in [6.45, 7) is 3.26. The highest BCUT2D eigenvalue weighted by Crippen LogP contribution is 2.16. The van der Waals surface area contributed by atoms with Crippen LogP contribution < -0.4 is 5.73 Å². The fraction of sp³-hybridized carbons (Fsp3) is 0.364. The molecule has 0 fully saturated rings. The zero-order valence-corrected chi connectivity index (χ0v) is 10.1. The SMILES string of the molecule is CC(=N)N(C)C(=O)c1c(CC(N)=O)c[nH]c1C. The van der Waals surface area contributed by atoms with Gasteiger partial charge in [-0.05, 0) is 19.4 Å². The van der Waals surface area contributed by atoms with E-state index in [0.29, 0.717) is 16.8 Å². The summed E-state index contributed by atoms with van der Waals surface area (Å²) < 4.78 is 0. The lowest BCUT2D eigenvalue weighted by Gasteiger charge is -2.16. The number of hydrogen-bond acceptors (Lipinski definition) is 3. The molecule has 0 spiro atoms. The molecule has 0 aliphatic carbocycles. The predicted molar refractivity (Wildman–Crippen MR) is 63.9 cm³/mol. The first-order chi connectivity index (χ1) is 7.84. The summed E-state index contributed by atoms with van der Waals surface area (Å²) in [5.41, 5.74) is 6.76. The van der Waals surface area contributed by atoms with Gasteiger partial charge in [0, 0.05) is 18.9 Å². The molecule has 6 nitrogen and oxygen atoms in total. The van der Waals surface area contributed by atoms with Gasteiger partial charge in [-0.2, -0.15) is 0 Å². The van der Waals surface area contributed by atoms with Crippen LogP contribution in [0.5, 0.6) is 0 Å². The normalized spacial score (nSPS) is 10.1. The molecule has 6 heteroatoms. The smallest absolute Gasteiger partial charge is 0.261 e. The molecule has 0 bridgehead atoms. The zero-order chi connectivity index (χ0) is 13.2. The number of nitrogens with one attached hydrogen (secondary N) is 2. The van der Waals surface area contributed by atoms with Gasteiger partial charge in [-0.1, -0.05) is 0 Å². The Kier molecular flexibility index (Phi) is 3.67. The van der Waals surface area contributed by atoms with Gasteiger partial charge in [-0.15, -0.1) is 0 Å². The van der Waals surface area contributed by atoms with Crippen LogP contribution >= 0.6 is 0 Å². The molecule has 0 aromatic carbocycles. The Morgan fingerprint density at radius 1 is 1.53 bits per heavy atom. The summed E-state index contributed by atoms with van der Waals surface area (Å²) in [6.07, 6.45) is 1.61. The maximum atomic E-state index is 12.1. The number of amides is 2. The van der Waals surface area contributed by atoms with Crippen LogP contribution in [0.2, 0.25) is 0 Å². The molecule has 17 heavy (non-hydrogen) atoms. The van der Waals surface area contributed by atoms with Crippen molar-refractivity contribution in [1.29, 1.82) is 5.41 Å². The third kappa shape index (κ3) is 2.72. The number of primary amides is 1. The van der Waals surface area contributed by atoms with Gasteiger partial charge in [0.1, 0.15) is 0 Å². The summed E-state index contributed by atoms with van der Waals surface area (Å²) in [5.74, 6) is -0.666. The molecule has 2 amide bonds. The van der Waals surface area contributed by atoms with E-state index in [1.165, 1.54) is 18.9 Å². The van der Waals surface area contributed by atoms with E-state index in [4.69, 9.17) is 11.1 Å². The van der Waals surface area contributed by atoms with Gasteiger partial charge in [0.15, 0.2) is 0 Å². The van der Waals surface area contributed by atoms with E-state index in [1.807, 2.05) is 0 Å². The number of amidine groups is 1. The van der Waals surface area contributed by atoms with Gasteiger partial charge in [0.05, 0.1) is 17.8 Å². The van der Waals surface area contributed by atoms with Crippen molar-refractivity contribution in [3.63, 3.8) is 0 Å². The molecule has 0 radical (unpaired) electrons. The van der Waals surface area contributed by atoms with Gasteiger partial charge in [-0.25, -0.2) is 0 Å². The van der Waals surface area contributed by atoms with Crippen molar-refractivity contribution >= 4 is 17.6 Å². The standard InChI is InChI=1S/C11H16N4O2/c1-6-10(11(17)15(3)7(2)12)8(5-14-6)4-9(13)16/h5,12,14H,4H2,1-3H3,(H2,13,16). The average Bonchev–Trinajstić information content (AvgIpc) is 2.56. The molecule has 4 N–H and O–H groups in total. The summed E-state index contributed by atoms with van der Waals surface area (Å²) in [7, 11) is 1.52. The second-order valence-corrected chi connectivity index (χ2v) is 3.91. The van der Waals surface area contributed by atoms with Crippen molar-refractivity contribution in [3.8, 4) is 0 Å². The number of carbonyl (C=O) groups is 2. The number of rotatable bonds is 3. The monoisotopic (exact) mass is 236 g/mol. The minimum absolute atomic E-state index is 0.0102. The predicted octanol–water partition coefficient (Wildman–Crippen LogP) is 0.420. The molecule has 1 heterocycles. The fourth-order valence-corrected chi connectivity index (χ4v) is 1.53. The van der Waals surface area contributed by atoms with Crippen LogP contribution in [0.3, 0.4) is 0 Å². The maximum absolute atomic E-state index is 12.1. The molecule has 0 atom stereocenters. The Hall–Kier alpha value is -2.11. The number of aromatic amines is 1. The van der Waals surface area contributed by atoms with E-state index in [1.54, 1.807) is 13.1 Å². The van der Waals surface area contributed by atoms with Gasteiger partial charge in [-0.3, -0.25) is 15.0 Å². The van der Waals surface area contributed by atoms with Crippen LogP contribution in [-0.2, 0) is 11.2 Å². The molecule has 0 aliphatic heterocycles. The highest BCUT2D eigenvalue weighted by Gasteiger charge is 2.21. The van der Waals surface area contributed by atoms with Crippen LogP contribution in [0, 0.1) is 12.3 Å². The van der Waals surface area contributed by atoms with E-state index >= 15 is 0 Å². The van der Waals surface area contributed by atoms with E-state index in [9.17, 15) is 9.59 Å². The molecular formula is C11H16N4O2. The number of nitrogens with two attached hydrogens (primary N) is 1. The lowest BCUT2D eigenvalue weighted by atomic mass is 10.1. The molecule has 0 saturated heterocycles. The van der Waals surface area contributed by atoms with Crippen molar-refractivity contribution in [2.75, 3.05) is 7.05 Å². The summed E-state index contributed by atoms with van der Waals surface area (Å²) in [6, 6.07) is 0. The lowest BCUT2D eigenvalue weighted by Crippen LogP contribution is -2.31. The number of nitrogens with zero attached hydrogens (tertiary/aromatic N) is 1. The van der Waals surface area contributed by atoms with Crippen LogP contribution in [-0.4, -0.2) is 34.6 Å². The van der Waals surface area contributed by atoms with Crippen LogP contribution in [0.25, 0.3) is 0 Å². The zero-order valence-electron chi connectivity index (χ0n) is 10.1. The minimum atomic E-state index is -0.493. The molecule has 92 valence electrons. The van der Waals surface area contributed by atoms with Crippen molar-refractivity contribution in [2.24, 2.45) is 5.73 Å². The largest absolute Gasteiger partial charge is 0.369 e. The second-order valence-electron chi connectivity index (χ2n) is 3.91. The Labute approximate surface area is 99.3 Å². The van der Waals surface area contributed by atoms with E-state index < -0.39 is 5.91 Å². The molecule has 1 aromatic heterocycles. The Morgan fingerprint density at radius 2 is 2.12 bits per heavy atom. The quantitative estimate of drug-likeness (QED) is 0.523. The third-order valence-electron chi connectivity index (χ3n) is 2.55. The van der Waals surface area contributed by atoms with E-state index in [-0.39, 0.29) is 18.2 Å². The first-order valence-electron chi connectivity index (χ1n) is 5.13. The average molecular weight is 236 g/mol. The number of carbonyl (C=O) groups excluding carboxylic acids is 2. The maximum Gasteiger partial charge on any atom is 0.261 e. The van der Waals surface area contributed by atoms with Crippen molar-refractivity contribution in [1.82, 2.24) is 9.88 Å². The summed E-state index contributed by atoms with van der Waals surface area (Å²) in [4.78, 5) is 27.1. The summed E-state index contributed by atoms with van der Waals surface area (Å²) in [5, 5.41) is 7.42. The Bertz CT molecular complexity index is 476. The number of hydrogen-bond donors (Lipinski definition) is 3. The van der Waals surface area contributed by atoms with Gasteiger partial charge in [0.25, 0.3) is 5.91 Å². The second kappa shape index (κ2) is 4.82. The highest BCUT2D eigenvalue weighted by atomic mass is 16.2. The van der Waals surface area contributed by atoms with Crippen molar-refractivity contribution < 1.29 is 9.59 Å². The molecule has 0 unspecified atom stereocenters. The Morgan fingerprint density at radius 3 is 2.59 bits per heavy atom. The third-order valence-corrected chi connectivity index (χ3v) is 2.55. The van der Waals surface area contributed by atoms with Crippen LogP contribution in [0.4, 0.5) is 0 Å². The molecule has 0 aliphatic rings. The minimum Gasteiger partial charge on any atom is -0.369 e. The Balaban J connectivity index is 3.12. The van der Waals surface area contributed by atoms with Gasteiger partial charge >= 0.3 is 0 Å². The molecule has 1 rings (SSSR count). The number of H-pyrrole nitrogens is 1. The molecule has 1 aromatic rings. The van der Waals surface area contributed by atoms with Gasteiger partial charge < -0.3 is 15.6 Å². The molecular weight excluding hydrogens is 220 g/mol. The van der Waals surface area contributed by atoms with Crippen molar-refractivity contribution in [3.05, 3.63) is 23.0 Å². The van der Waals surface area contributed by atoms with Crippen LogP contribution in [0.1, 0.15) is 28.5 Å². The van der Waals surface area contributed by atoms with E-state index in [2.05, 4.69) is 4.98 Å². The summed E-state index contributed by atoms with van der Waals surface area (Å²) >= 11 is 0. The fourth-order valence-electron chi connectivity index (χ4n) is 1.53. The van der Waals surface area contributed by atoms with Crippen molar-refractivity contribution in [2.45, 2.75) is 20.3 Å². The molecule has 0 saturated carbocycles. The van der Waals surface area contributed by atoms with Crippen LogP contribution in [0.15, 0.2) is 6.20 Å². The first-order valence-corrected chi connectivity index (χ1v) is 5.13. The van der Waals surface area contributed by atoms with E-state index in [0.717, 1.165) is 0 Å². The highest BCUT2D eigenvalue weighted by molar-refractivity contribution is 6.06. The lowest BCUT2D eigenvalue weighted by molar-refractivity contribution is -0.117. The topological polar surface area (TPSA) is 103 Å².